The van der Waals surface area contributed by atoms with Crippen molar-refractivity contribution in [3.8, 4) is 0 Å². The van der Waals surface area contributed by atoms with Crippen molar-refractivity contribution in [2.75, 3.05) is 26.3 Å². The third-order valence-electron chi connectivity index (χ3n) is 2.70. The van der Waals surface area contributed by atoms with Gasteiger partial charge in [0.2, 0.25) is 0 Å². The van der Waals surface area contributed by atoms with Crippen molar-refractivity contribution < 1.29 is 27.8 Å². The highest BCUT2D eigenvalue weighted by Gasteiger charge is 2.43. The predicted octanol–water partition coefficient (Wildman–Crippen LogP) is 0.939. The summed E-state index contributed by atoms with van der Waals surface area (Å²) < 4.78 is 42.1. The third-order valence-corrected chi connectivity index (χ3v) is 2.70. The molecule has 0 radical (unpaired) electrons. The van der Waals surface area contributed by atoms with E-state index in [2.05, 4.69) is 0 Å². The van der Waals surface area contributed by atoms with E-state index >= 15 is 0 Å². The maximum Gasteiger partial charge on any atom is 0.406 e. The minimum Gasteiger partial charge on any atom is -0.395 e. The molecule has 1 amide bonds. The zero-order valence-corrected chi connectivity index (χ0v) is 9.59. The average molecular weight is 255 g/mol. The molecule has 0 spiro atoms. The van der Waals surface area contributed by atoms with Gasteiger partial charge in [-0.05, 0) is 19.8 Å². The summed E-state index contributed by atoms with van der Waals surface area (Å²) in [5.41, 5.74) is -1.18. The maximum absolute atomic E-state index is 12.3. The molecule has 1 saturated heterocycles. The molecule has 17 heavy (non-hydrogen) atoms. The van der Waals surface area contributed by atoms with Crippen LogP contribution in [0.3, 0.4) is 0 Å². The summed E-state index contributed by atoms with van der Waals surface area (Å²) in [6.07, 6.45) is -3.41. The quantitative estimate of drug-likeness (QED) is 0.813. The molecule has 100 valence electrons. The Morgan fingerprint density at radius 3 is 2.59 bits per heavy atom. The number of rotatable bonds is 4. The number of carbonyl (C=O) groups is 1. The van der Waals surface area contributed by atoms with Gasteiger partial charge < -0.3 is 14.7 Å². The van der Waals surface area contributed by atoms with Crippen LogP contribution in [-0.4, -0.2) is 54.0 Å². The minimum absolute atomic E-state index is 0.336. The summed E-state index contributed by atoms with van der Waals surface area (Å²) in [5.74, 6) is -0.707. The van der Waals surface area contributed by atoms with Crippen molar-refractivity contribution in [3.05, 3.63) is 0 Å². The van der Waals surface area contributed by atoms with Gasteiger partial charge in [0.15, 0.2) is 0 Å². The minimum atomic E-state index is -4.47. The molecule has 1 N–H and O–H groups in total. The molecule has 0 aromatic heterocycles. The number of carbonyl (C=O) groups excluding carboxylic acids is 1. The number of alkyl halides is 3. The fraction of sp³-hybridized carbons (Fsp3) is 0.900. The van der Waals surface area contributed by atoms with Gasteiger partial charge in [0.1, 0.15) is 12.1 Å². The van der Waals surface area contributed by atoms with Gasteiger partial charge in [-0.3, -0.25) is 4.79 Å². The predicted molar refractivity (Wildman–Crippen MR) is 53.3 cm³/mol. The average Bonchev–Trinajstić information content (AvgIpc) is 2.63. The molecule has 7 heteroatoms. The van der Waals surface area contributed by atoms with Crippen molar-refractivity contribution in [2.45, 2.75) is 31.5 Å². The van der Waals surface area contributed by atoms with Crippen LogP contribution in [-0.2, 0) is 9.53 Å². The molecule has 1 rings (SSSR count). The Morgan fingerprint density at radius 1 is 1.53 bits per heavy atom. The van der Waals surface area contributed by atoms with Crippen LogP contribution >= 0.6 is 0 Å². The van der Waals surface area contributed by atoms with Crippen LogP contribution in [0.2, 0.25) is 0 Å². The standard InChI is InChI=1S/C10H16F3NO3/c1-9(3-2-6-17-9)8(16)14(4-5-15)7-10(11,12)13/h15H,2-7H2,1H3. The SMILES string of the molecule is CC1(C(=O)N(CCO)CC(F)(F)F)CCCO1. The van der Waals surface area contributed by atoms with E-state index in [-0.39, 0.29) is 6.54 Å². The second-order valence-electron chi connectivity index (χ2n) is 4.25. The smallest absolute Gasteiger partial charge is 0.395 e. The van der Waals surface area contributed by atoms with Crippen molar-refractivity contribution in [3.63, 3.8) is 0 Å². The maximum atomic E-state index is 12.3. The number of halogens is 3. The van der Waals surface area contributed by atoms with Gasteiger partial charge in [-0.25, -0.2) is 0 Å². The van der Waals surface area contributed by atoms with Gasteiger partial charge in [0.05, 0.1) is 6.61 Å². The topological polar surface area (TPSA) is 49.8 Å². The summed E-state index contributed by atoms with van der Waals surface area (Å²) in [4.78, 5) is 12.5. The van der Waals surface area contributed by atoms with Gasteiger partial charge in [-0.1, -0.05) is 0 Å². The lowest BCUT2D eigenvalue weighted by Crippen LogP contribution is -2.50. The first kappa shape index (κ1) is 14.2. The van der Waals surface area contributed by atoms with Crippen LogP contribution in [0.5, 0.6) is 0 Å². The monoisotopic (exact) mass is 255 g/mol. The summed E-state index contributed by atoms with van der Waals surface area (Å²) in [5, 5.41) is 8.71. The van der Waals surface area contributed by atoms with E-state index in [1.54, 1.807) is 0 Å². The van der Waals surface area contributed by atoms with Gasteiger partial charge in [0, 0.05) is 13.2 Å². The molecular formula is C10H16F3NO3. The van der Waals surface area contributed by atoms with Crippen LogP contribution in [0.4, 0.5) is 13.2 Å². The Hall–Kier alpha value is -0.820. The first-order chi connectivity index (χ1) is 7.78. The number of nitrogens with zero attached hydrogens (tertiary/aromatic N) is 1. The van der Waals surface area contributed by atoms with Gasteiger partial charge in [-0.2, -0.15) is 13.2 Å². The van der Waals surface area contributed by atoms with Gasteiger partial charge in [0.25, 0.3) is 5.91 Å². The van der Waals surface area contributed by atoms with Crippen LogP contribution < -0.4 is 0 Å². The van der Waals surface area contributed by atoms with Gasteiger partial charge >= 0.3 is 6.18 Å². The molecular weight excluding hydrogens is 239 g/mol. The van der Waals surface area contributed by atoms with E-state index in [1.165, 1.54) is 6.92 Å². The molecule has 0 aliphatic carbocycles. The van der Waals surface area contributed by atoms with Crippen molar-refractivity contribution >= 4 is 5.91 Å². The molecule has 1 atom stereocenters. The summed E-state index contributed by atoms with van der Waals surface area (Å²) >= 11 is 0. The second kappa shape index (κ2) is 5.22. The first-order valence-corrected chi connectivity index (χ1v) is 5.39. The van der Waals surface area contributed by atoms with Crippen LogP contribution in [0.15, 0.2) is 0 Å². The zero-order chi connectivity index (χ0) is 13.1. The summed E-state index contributed by atoms with van der Waals surface area (Å²) in [6.45, 7) is -0.329. The number of ether oxygens (including phenoxy) is 1. The van der Waals surface area contributed by atoms with E-state index in [4.69, 9.17) is 9.84 Å². The number of aliphatic hydroxyl groups excluding tert-OH is 1. The Labute approximate surface area is 97.3 Å². The van der Waals surface area contributed by atoms with E-state index in [0.717, 1.165) is 0 Å². The van der Waals surface area contributed by atoms with Gasteiger partial charge in [-0.15, -0.1) is 0 Å². The van der Waals surface area contributed by atoms with E-state index in [9.17, 15) is 18.0 Å². The highest BCUT2D eigenvalue weighted by Crippen LogP contribution is 2.28. The lowest BCUT2D eigenvalue weighted by Gasteiger charge is -2.31. The van der Waals surface area contributed by atoms with Crippen LogP contribution in [0, 0.1) is 0 Å². The summed E-state index contributed by atoms with van der Waals surface area (Å²) in [6, 6.07) is 0. The Bertz CT molecular complexity index is 274. The highest BCUT2D eigenvalue weighted by atomic mass is 19.4. The first-order valence-electron chi connectivity index (χ1n) is 5.39. The van der Waals surface area contributed by atoms with E-state index < -0.39 is 30.8 Å². The van der Waals surface area contributed by atoms with Crippen LogP contribution in [0.1, 0.15) is 19.8 Å². The highest BCUT2D eigenvalue weighted by molar-refractivity contribution is 5.85. The lowest BCUT2D eigenvalue weighted by molar-refractivity contribution is -0.173. The number of amides is 1. The molecule has 1 aliphatic heterocycles. The lowest BCUT2D eigenvalue weighted by atomic mass is 10.0. The van der Waals surface area contributed by atoms with Crippen molar-refractivity contribution in [2.24, 2.45) is 0 Å². The molecule has 0 aromatic carbocycles. The Kier molecular flexibility index (Phi) is 4.37. The van der Waals surface area contributed by atoms with E-state index in [1.807, 2.05) is 0 Å². The molecule has 1 aliphatic rings. The van der Waals surface area contributed by atoms with Crippen molar-refractivity contribution in [1.29, 1.82) is 0 Å². The molecule has 0 bridgehead atoms. The number of hydrogen-bond acceptors (Lipinski definition) is 3. The fourth-order valence-corrected chi connectivity index (χ4v) is 1.87. The number of hydrogen-bond donors (Lipinski definition) is 1. The Morgan fingerprint density at radius 2 is 2.18 bits per heavy atom. The molecule has 1 unspecified atom stereocenters. The third kappa shape index (κ3) is 3.85. The fourth-order valence-electron chi connectivity index (χ4n) is 1.87. The molecule has 0 saturated carbocycles. The molecule has 1 heterocycles. The molecule has 0 aromatic rings. The number of aliphatic hydroxyl groups is 1. The summed E-state index contributed by atoms with van der Waals surface area (Å²) in [7, 11) is 0. The molecule has 4 nitrogen and oxygen atoms in total. The van der Waals surface area contributed by atoms with E-state index in [0.29, 0.717) is 24.3 Å². The zero-order valence-electron chi connectivity index (χ0n) is 9.59. The Balaban J connectivity index is 2.72. The second-order valence-corrected chi connectivity index (χ2v) is 4.25. The largest absolute Gasteiger partial charge is 0.406 e. The normalized spacial score (nSPS) is 25.0. The van der Waals surface area contributed by atoms with Crippen molar-refractivity contribution in [1.82, 2.24) is 4.90 Å². The van der Waals surface area contributed by atoms with Crippen LogP contribution in [0.25, 0.3) is 0 Å². The molecule has 1 fully saturated rings.